The van der Waals surface area contributed by atoms with Crippen LogP contribution in [-0.4, -0.2) is 49.9 Å². The molecule has 3 rings (SSSR count). The summed E-state index contributed by atoms with van der Waals surface area (Å²) in [6.45, 7) is 1.42. The fraction of sp³-hybridized carbons (Fsp3) is 0.368. The average molecular weight is 341 g/mol. The second-order valence-corrected chi connectivity index (χ2v) is 6.24. The quantitative estimate of drug-likeness (QED) is 0.927. The molecule has 1 N–H and O–H groups in total. The average Bonchev–Trinajstić information content (AvgIpc) is 3.21. The number of furan rings is 1. The highest BCUT2D eigenvalue weighted by molar-refractivity contribution is 6.09. The number of rotatable bonds is 4. The van der Waals surface area contributed by atoms with E-state index in [-0.39, 0.29) is 17.6 Å². The van der Waals surface area contributed by atoms with Crippen molar-refractivity contribution < 1.29 is 14.0 Å². The van der Waals surface area contributed by atoms with E-state index in [1.165, 1.54) is 11.2 Å². The van der Waals surface area contributed by atoms with Gasteiger partial charge in [0.05, 0.1) is 17.5 Å². The van der Waals surface area contributed by atoms with Crippen molar-refractivity contribution >= 4 is 17.5 Å². The highest BCUT2D eigenvalue weighted by Gasteiger charge is 2.27. The summed E-state index contributed by atoms with van der Waals surface area (Å²) in [5.41, 5.74) is 1.11. The molecule has 0 bridgehead atoms. The molecule has 2 heterocycles. The first kappa shape index (κ1) is 17.2. The molecule has 1 aliphatic heterocycles. The zero-order chi connectivity index (χ0) is 17.8. The van der Waals surface area contributed by atoms with Gasteiger partial charge in [0, 0.05) is 26.2 Å². The molecule has 1 aromatic carbocycles. The van der Waals surface area contributed by atoms with Crippen LogP contribution in [0.5, 0.6) is 0 Å². The van der Waals surface area contributed by atoms with Crippen molar-refractivity contribution in [2.24, 2.45) is 0 Å². The number of likely N-dealkylation sites (tertiary alicyclic amines) is 1. The van der Waals surface area contributed by atoms with Crippen molar-refractivity contribution in [1.82, 2.24) is 10.2 Å². The highest BCUT2D eigenvalue weighted by atomic mass is 16.3. The predicted octanol–water partition coefficient (Wildman–Crippen LogP) is 2.38. The molecule has 6 heteroatoms. The fourth-order valence-corrected chi connectivity index (χ4v) is 3.19. The molecule has 1 aliphatic rings. The zero-order valence-electron chi connectivity index (χ0n) is 14.6. The minimum absolute atomic E-state index is 0.0466. The molecular formula is C19H23N3O3. The largest absolute Gasteiger partial charge is 0.459 e. The van der Waals surface area contributed by atoms with E-state index in [1.54, 1.807) is 31.3 Å². The number of nitrogens with one attached hydrogen (secondary N) is 1. The Kier molecular flexibility index (Phi) is 5.19. The van der Waals surface area contributed by atoms with E-state index in [1.807, 2.05) is 24.1 Å². The number of carbonyl (C=O) groups is 2. The molecule has 25 heavy (non-hydrogen) atoms. The molecule has 1 atom stereocenters. The van der Waals surface area contributed by atoms with Crippen molar-refractivity contribution in [3.8, 4) is 0 Å². The molecule has 2 aromatic rings. The number of hydrogen-bond donors (Lipinski definition) is 1. The van der Waals surface area contributed by atoms with Crippen molar-refractivity contribution in [2.45, 2.75) is 18.9 Å². The van der Waals surface area contributed by atoms with Crippen LogP contribution in [0.25, 0.3) is 0 Å². The minimum atomic E-state index is -0.281. The normalized spacial score (nSPS) is 17.4. The molecular weight excluding hydrogens is 318 g/mol. The van der Waals surface area contributed by atoms with Gasteiger partial charge in [0.2, 0.25) is 0 Å². The first-order chi connectivity index (χ1) is 12.1. The molecule has 1 aromatic heterocycles. The lowest BCUT2D eigenvalue weighted by molar-refractivity contribution is 0.0699. The first-order valence-corrected chi connectivity index (χ1v) is 8.49. The van der Waals surface area contributed by atoms with Gasteiger partial charge in [0.1, 0.15) is 0 Å². The fourth-order valence-electron chi connectivity index (χ4n) is 3.19. The lowest BCUT2D eigenvalue weighted by Crippen LogP contribution is -2.47. The summed E-state index contributed by atoms with van der Waals surface area (Å²) in [5, 5.41) is 3.24. The van der Waals surface area contributed by atoms with Crippen LogP contribution in [-0.2, 0) is 0 Å². The number of benzene rings is 1. The third-order valence-corrected chi connectivity index (χ3v) is 4.65. The first-order valence-electron chi connectivity index (χ1n) is 8.49. The van der Waals surface area contributed by atoms with E-state index in [4.69, 9.17) is 4.42 Å². The lowest BCUT2D eigenvalue weighted by atomic mass is 10.0. The zero-order valence-corrected chi connectivity index (χ0v) is 14.6. The van der Waals surface area contributed by atoms with E-state index in [0.717, 1.165) is 19.4 Å². The van der Waals surface area contributed by atoms with Crippen molar-refractivity contribution in [3.05, 3.63) is 54.0 Å². The van der Waals surface area contributed by atoms with Gasteiger partial charge in [-0.25, -0.2) is 0 Å². The molecule has 0 spiro atoms. The molecule has 0 saturated carbocycles. The molecule has 0 radical (unpaired) electrons. The maximum atomic E-state index is 13.0. The van der Waals surface area contributed by atoms with Crippen LogP contribution in [0.2, 0.25) is 0 Å². The smallest absolute Gasteiger partial charge is 0.293 e. The Labute approximate surface area is 147 Å². The molecule has 1 saturated heterocycles. The summed E-state index contributed by atoms with van der Waals surface area (Å²) in [4.78, 5) is 28.9. The van der Waals surface area contributed by atoms with Crippen molar-refractivity contribution in [1.29, 1.82) is 0 Å². The standard InChI is InChI=1S/C19H23N3O3/c1-20-14-7-5-11-22(13-14)18(23)15-8-3-4-9-16(15)21(2)19(24)17-10-6-12-25-17/h3-4,6,8-10,12,14,20H,5,7,11,13H2,1-2H3. The van der Waals surface area contributed by atoms with Crippen molar-refractivity contribution in [2.75, 3.05) is 32.1 Å². The second kappa shape index (κ2) is 7.53. The Balaban J connectivity index is 1.85. The predicted molar refractivity (Wildman–Crippen MR) is 95.9 cm³/mol. The summed E-state index contributed by atoms with van der Waals surface area (Å²) < 4.78 is 5.19. The summed E-state index contributed by atoms with van der Waals surface area (Å²) in [7, 11) is 3.58. The van der Waals surface area contributed by atoms with E-state index < -0.39 is 0 Å². The number of anilines is 1. The van der Waals surface area contributed by atoms with E-state index >= 15 is 0 Å². The Morgan fingerprint density at radius 1 is 1.24 bits per heavy atom. The molecule has 6 nitrogen and oxygen atoms in total. The Morgan fingerprint density at radius 3 is 2.76 bits per heavy atom. The van der Waals surface area contributed by atoms with Gasteiger partial charge in [-0.3, -0.25) is 9.59 Å². The Bertz CT molecular complexity index is 742. The van der Waals surface area contributed by atoms with Crippen LogP contribution in [0.15, 0.2) is 47.1 Å². The molecule has 1 fully saturated rings. The van der Waals surface area contributed by atoms with E-state index in [0.29, 0.717) is 23.8 Å². The number of likely N-dealkylation sites (N-methyl/N-ethyl adjacent to an activating group) is 1. The summed E-state index contributed by atoms with van der Waals surface area (Å²) in [6, 6.07) is 10.8. The number of para-hydroxylation sites is 1. The minimum Gasteiger partial charge on any atom is -0.459 e. The molecule has 1 unspecified atom stereocenters. The molecule has 132 valence electrons. The van der Waals surface area contributed by atoms with E-state index in [2.05, 4.69) is 5.32 Å². The third kappa shape index (κ3) is 3.58. The van der Waals surface area contributed by atoms with Gasteiger partial charge < -0.3 is 19.5 Å². The van der Waals surface area contributed by atoms with Crippen LogP contribution in [0.1, 0.15) is 33.8 Å². The second-order valence-electron chi connectivity index (χ2n) is 6.24. The number of amides is 2. The summed E-state index contributed by atoms with van der Waals surface area (Å²) in [6.07, 6.45) is 3.50. The third-order valence-electron chi connectivity index (χ3n) is 4.65. The van der Waals surface area contributed by atoms with Gasteiger partial charge in [-0.2, -0.15) is 0 Å². The van der Waals surface area contributed by atoms with Gasteiger partial charge in [-0.15, -0.1) is 0 Å². The number of piperidine rings is 1. The monoisotopic (exact) mass is 341 g/mol. The van der Waals surface area contributed by atoms with Crippen LogP contribution >= 0.6 is 0 Å². The van der Waals surface area contributed by atoms with Gasteiger partial charge in [-0.1, -0.05) is 12.1 Å². The number of nitrogens with zero attached hydrogens (tertiary/aromatic N) is 2. The number of carbonyl (C=O) groups excluding carboxylic acids is 2. The Hall–Kier alpha value is -2.60. The van der Waals surface area contributed by atoms with Crippen LogP contribution < -0.4 is 10.2 Å². The molecule has 2 amide bonds. The van der Waals surface area contributed by atoms with Gasteiger partial charge >= 0.3 is 0 Å². The van der Waals surface area contributed by atoms with Gasteiger partial charge in [0.25, 0.3) is 11.8 Å². The topological polar surface area (TPSA) is 65.8 Å². The van der Waals surface area contributed by atoms with Crippen LogP contribution in [0, 0.1) is 0 Å². The number of hydrogen-bond acceptors (Lipinski definition) is 4. The maximum Gasteiger partial charge on any atom is 0.293 e. The summed E-state index contributed by atoms with van der Waals surface area (Å²) in [5.74, 6) is -0.0791. The van der Waals surface area contributed by atoms with Crippen molar-refractivity contribution in [3.63, 3.8) is 0 Å². The summed E-state index contributed by atoms with van der Waals surface area (Å²) >= 11 is 0. The SMILES string of the molecule is CNC1CCCN(C(=O)c2ccccc2N(C)C(=O)c2ccco2)C1. The van der Waals surface area contributed by atoms with E-state index in [9.17, 15) is 9.59 Å². The maximum absolute atomic E-state index is 13.0. The van der Waals surface area contributed by atoms with Crippen LogP contribution in [0.3, 0.4) is 0 Å². The van der Waals surface area contributed by atoms with Gasteiger partial charge in [-0.05, 0) is 44.2 Å². The van der Waals surface area contributed by atoms with Crippen LogP contribution in [0.4, 0.5) is 5.69 Å². The highest BCUT2D eigenvalue weighted by Crippen LogP contribution is 2.24. The lowest BCUT2D eigenvalue weighted by Gasteiger charge is -2.33. The van der Waals surface area contributed by atoms with Gasteiger partial charge in [0.15, 0.2) is 5.76 Å². The Morgan fingerprint density at radius 2 is 2.04 bits per heavy atom. The molecule has 0 aliphatic carbocycles.